The SMILES string of the molecule is Cc1cc2ncn(-c3ccnc(N)c3)c2cc1C. The number of nitrogens with zero attached hydrogens (tertiary/aromatic N) is 3. The molecule has 0 aliphatic rings. The molecule has 0 atom stereocenters. The van der Waals surface area contributed by atoms with Crippen LogP contribution in [0.2, 0.25) is 0 Å². The van der Waals surface area contributed by atoms with Crippen molar-refractivity contribution in [3.63, 3.8) is 0 Å². The number of nitrogens with two attached hydrogens (primary N) is 1. The first-order chi connectivity index (χ1) is 8.65. The van der Waals surface area contributed by atoms with Crippen LogP contribution in [-0.2, 0) is 0 Å². The minimum atomic E-state index is 0.512. The number of imidazole rings is 1. The Morgan fingerprint density at radius 1 is 1.06 bits per heavy atom. The molecular formula is C14H14N4. The summed E-state index contributed by atoms with van der Waals surface area (Å²) in [4.78, 5) is 8.43. The predicted molar refractivity (Wildman–Crippen MR) is 72.8 cm³/mol. The lowest BCUT2D eigenvalue weighted by Gasteiger charge is -2.06. The zero-order valence-electron chi connectivity index (χ0n) is 10.4. The molecule has 0 amide bonds. The Kier molecular flexibility index (Phi) is 2.30. The fourth-order valence-electron chi connectivity index (χ4n) is 2.06. The first kappa shape index (κ1) is 10.8. The number of fused-ring (bicyclic) bond motifs is 1. The zero-order valence-corrected chi connectivity index (χ0v) is 10.4. The van der Waals surface area contributed by atoms with E-state index in [9.17, 15) is 0 Å². The molecule has 0 aliphatic carbocycles. The van der Waals surface area contributed by atoms with Crippen molar-refractivity contribution >= 4 is 16.9 Å². The van der Waals surface area contributed by atoms with Crippen molar-refractivity contribution in [2.45, 2.75) is 13.8 Å². The molecular weight excluding hydrogens is 224 g/mol. The van der Waals surface area contributed by atoms with Crippen molar-refractivity contribution in [2.75, 3.05) is 5.73 Å². The van der Waals surface area contributed by atoms with E-state index >= 15 is 0 Å². The Morgan fingerprint density at radius 3 is 2.61 bits per heavy atom. The molecule has 0 aliphatic heterocycles. The average Bonchev–Trinajstić information content (AvgIpc) is 2.73. The lowest BCUT2D eigenvalue weighted by atomic mass is 10.1. The van der Waals surface area contributed by atoms with Crippen LogP contribution in [0.25, 0.3) is 16.7 Å². The van der Waals surface area contributed by atoms with Gasteiger partial charge in [-0.15, -0.1) is 0 Å². The molecule has 2 heterocycles. The first-order valence-corrected chi connectivity index (χ1v) is 5.81. The van der Waals surface area contributed by atoms with Gasteiger partial charge in [0.15, 0.2) is 0 Å². The summed E-state index contributed by atoms with van der Waals surface area (Å²) in [6, 6.07) is 8.02. The van der Waals surface area contributed by atoms with Gasteiger partial charge in [-0.3, -0.25) is 4.57 Å². The van der Waals surface area contributed by atoms with E-state index in [4.69, 9.17) is 5.73 Å². The quantitative estimate of drug-likeness (QED) is 0.709. The Hall–Kier alpha value is -2.36. The molecule has 18 heavy (non-hydrogen) atoms. The first-order valence-electron chi connectivity index (χ1n) is 5.81. The lowest BCUT2D eigenvalue weighted by Crippen LogP contribution is -1.96. The number of hydrogen-bond donors (Lipinski definition) is 1. The molecule has 1 aromatic carbocycles. The number of nitrogen functional groups attached to an aromatic ring is 1. The monoisotopic (exact) mass is 238 g/mol. The van der Waals surface area contributed by atoms with Gasteiger partial charge < -0.3 is 5.73 Å². The predicted octanol–water partition coefficient (Wildman–Crippen LogP) is 2.62. The summed E-state index contributed by atoms with van der Waals surface area (Å²) < 4.78 is 2.03. The summed E-state index contributed by atoms with van der Waals surface area (Å²) in [6.45, 7) is 4.20. The maximum atomic E-state index is 5.72. The molecule has 0 radical (unpaired) electrons. The summed E-state index contributed by atoms with van der Waals surface area (Å²) in [6.07, 6.45) is 3.52. The lowest BCUT2D eigenvalue weighted by molar-refractivity contribution is 1.08. The van der Waals surface area contributed by atoms with E-state index in [2.05, 4.69) is 35.9 Å². The minimum absolute atomic E-state index is 0.512. The van der Waals surface area contributed by atoms with Gasteiger partial charge in [-0.2, -0.15) is 0 Å². The van der Waals surface area contributed by atoms with Crippen molar-refractivity contribution < 1.29 is 0 Å². The van der Waals surface area contributed by atoms with Crippen molar-refractivity contribution in [1.82, 2.24) is 14.5 Å². The molecule has 0 saturated carbocycles. The third kappa shape index (κ3) is 1.62. The van der Waals surface area contributed by atoms with Gasteiger partial charge in [0.1, 0.15) is 12.1 Å². The Balaban J connectivity index is 2.27. The van der Waals surface area contributed by atoms with Crippen LogP contribution < -0.4 is 5.73 Å². The van der Waals surface area contributed by atoms with Gasteiger partial charge in [0.25, 0.3) is 0 Å². The van der Waals surface area contributed by atoms with E-state index < -0.39 is 0 Å². The van der Waals surface area contributed by atoms with Crippen LogP contribution in [-0.4, -0.2) is 14.5 Å². The number of anilines is 1. The summed E-state index contributed by atoms with van der Waals surface area (Å²) in [5.41, 5.74) is 11.3. The highest BCUT2D eigenvalue weighted by atomic mass is 15.1. The topological polar surface area (TPSA) is 56.7 Å². The molecule has 4 nitrogen and oxygen atoms in total. The molecule has 3 rings (SSSR count). The van der Waals surface area contributed by atoms with Crippen LogP contribution in [0.3, 0.4) is 0 Å². The van der Waals surface area contributed by atoms with Gasteiger partial charge in [0, 0.05) is 12.3 Å². The van der Waals surface area contributed by atoms with Crippen molar-refractivity contribution in [3.05, 3.63) is 47.9 Å². The zero-order chi connectivity index (χ0) is 12.7. The Morgan fingerprint density at radius 2 is 1.83 bits per heavy atom. The van der Waals surface area contributed by atoms with Crippen LogP contribution in [0.5, 0.6) is 0 Å². The third-order valence-corrected chi connectivity index (χ3v) is 3.21. The van der Waals surface area contributed by atoms with Gasteiger partial charge >= 0.3 is 0 Å². The molecule has 2 N–H and O–H groups in total. The highest BCUT2D eigenvalue weighted by Crippen LogP contribution is 2.22. The highest BCUT2D eigenvalue weighted by Gasteiger charge is 2.06. The van der Waals surface area contributed by atoms with E-state index in [0.29, 0.717) is 5.82 Å². The van der Waals surface area contributed by atoms with Crippen LogP contribution in [0, 0.1) is 13.8 Å². The van der Waals surface area contributed by atoms with E-state index in [-0.39, 0.29) is 0 Å². The second-order valence-electron chi connectivity index (χ2n) is 4.48. The standard InChI is InChI=1S/C14H14N4/c1-9-5-12-13(6-10(9)2)18(8-17-12)11-3-4-16-14(15)7-11/h3-8H,1-2H3,(H2,15,16). The van der Waals surface area contributed by atoms with Crippen LogP contribution in [0.15, 0.2) is 36.8 Å². The largest absolute Gasteiger partial charge is 0.384 e. The van der Waals surface area contributed by atoms with Crippen LogP contribution >= 0.6 is 0 Å². The van der Waals surface area contributed by atoms with Crippen LogP contribution in [0.4, 0.5) is 5.82 Å². The second-order valence-corrected chi connectivity index (χ2v) is 4.48. The van der Waals surface area contributed by atoms with E-state index in [1.165, 1.54) is 11.1 Å². The van der Waals surface area contributed by atoms with Crippen molar-refractivity contribution in [2.24, 2.45) is 0 Å². The molecule has 3 aromatic rings. The number of aromatic nitrogens is 3. The van der Waals surface area contributed by atoms with Gasteiger partial charge in [-0.05, 0) is 43.2 Å². The Labute approximate surface area is 105 Å². The van der Waals surface area contributed by atoms with Crippen molar-refractivity contribution in [3.8, 4) is 5.69 Å². The normalized spacial score (nSPS) is 11.0. The third-order valence-electron chi connectivity index (χ3n) is 3.21. The number of hydrogen-bond acceptors (Lipinski definition) is 3. The van der Waals surface area contributed by atoms with E-state index in [1.807, 2.05) is 23.0 Å². The molecule has 2 aromatic heterocycles. The number of pyridine rings is 1. The molecule has 0 fully saturated rings. The summed E-state index contributed by atoms with van der Waals surface area (Å²) in [5, 5.41) is 0. The molecule has 4 heteroatoms. The van der Waals surface area contributed by atoms with Crippen LogP contribution in [0.1, 0.15) is 11.1 Å². The fourth-order valence-corrected chi connectivity index (χ4v) is 2.06. The van der Waals surface area contributed by atoms with Gasteiger partial charge in [-0.1, -0.05) is 0 Å². The molecule has 0 spiro atoms. The number of aryl methyl sites for hydroxylation is 2. The van der Waals surface area contributed by atoms with Gasteiger partial charge in [-0.25, -0.2) is 9.97 Å². The van der Waals surface area contributed by atoms with E-state index in [0.717, 1.165) is 16.7 Å². The molecule has 90 valence electrons. The molecule has 0 saturated heterocycles. The Bertz CT molecular complexity index is 728. The second kappa shape index (κ2) is 3.84. The fraction of sp³-hybridized carbons (Fsp3) is 0.143. The van der Waals surface area contributed by atoms with E-state index in [1.54, 1.807) is 6.20 Å². The minimum Gasteiger partial charge on any atom is -0.384 e. The number of rotatable bonds is 1. The maximum Gasteiger partial charge on any atom is 0.125 e. The highest BCUT2D eigenvalue weighted by molar-refractivity contribution is 5.79. The summed E-state index contributed by atoms with van der Waals surface area (Å²) in [5.74, 6) is 0.512. The average molecular weight is 238 g/mol. The summed E-state index contributed by atoms with van der Waals surface area (Å²) >= 11 is 0. The van der Waals surface area contributed by atoms with Gasteiger partial charge in [0.2, 0.25) is 0 Å². The van der Waals surface area contributed by atoms with Crippen molar-refractivity contribution in [1.29, 1.82) is 0 Å². The maximum absolute atomic E-state index is 5.72. The number of benzene rings is 1. The molecule has 0 unspecified atom stereocenters. The smallest absolute Gasteiger partial charge is 0.125 e. The van der Waals surface area contributed by atoms with Gasteiger partial charge in [0.05, 0.1) is 16.7 Å². The molecule has 0 bridgehead atoms. The summed E-state index contributed by atoms with van der Waals surface area (Å²) in [7, 11) is 0.